The van der Waals surface area contributed by atoms with E-state index in [0.717, 1.165) is 28.7 Å². The summed E-state index contributed by atoms with van der Waals surface area (Å²) in [4.78, 5) is 19.3. The van der Waals surface area contributed by atoms with Crippen LogP contribution in [0.1, 0.15) is 23.6 Å². The molecule has 2 aromatic carbocycles. The summed E-state index contributed by atoms with van der Waals surface area (Å²) >= 11 is 0. The fourth-order valence-corrected chi connectivity index (χ4v) is 3.75. The molecule has 0 aliphatic carbocycles. The van der Waals surface area contributed by atoms with E-state index in [9.17, 15) is 4.79 Å². The highest BCUT2D eigenvalue weighted by atomic mass is 16.2. The third-order valence-electron chi connectivity index (χ3n) is 5.34. The van der Waals surface area contributed by atoms with Crippen molar-refractivity contribution in [2.75, 3.05) is 13.1 Å². The van der Waals surface area contributed by atoms with Crippen molar-refractivity contribution in [1.82, 2.24) is 15.2 Å². The highest BCUT2D eigenvalue weighted by Gasteiger charge is 2.26. The summed E-state index contributed by atoms with van der Waals surface area (Å²) in [5.74, 6) is 0.0997. The monoisotopic (exact) mass is 359 g/mol. The molecular weight excluding hydrogens is 334 g/mol. The second-order valence-electron chi connectivity index (χ2n) is 7.50. The lowest BCUT2D eigenvalue weighted by Crippen LogP contribution is -2.53. The van der Waals surface area contributed by atoms with Crippen LogP contribution in [0.4, 0.5) is 0 Å². The highest BCUT2D eigenvalue weighted by Crippen LogP contribution is 2.28. The summed E-state index contributed by atoms with van der Waals surface area (Å²) < 4.78 is 0. The normalized spacial score (nSPS) is 17.9. The van der Waals surface area contributed by atoms with Gasteiger partial charge in [0.05, 0.1) is 17.3 Å². The predicted octanol–water partition coefficient (Wildman–Crippen LogP) is 3.84. The van der Waals surface area contributed by atoms with E-state index < -0.39 is 0 Å². The van der Waals surface area contributed by atoms with Crippen LogP contribution in [0.5, 0.6) is 0 Å². The van der Waals surface area contributed by atoms with Gasteiger partial charge in [-0.3, -0.25) is 9.69 Å². The van der Waals surface area contributed by atoms with Gasteiger partial charge in [-0.25, -0.2) is 4.98 Å². The van der Waals surface area contributed by atoms with Gasteiger partial charge >= 0.3 is 0 Å². The Bertz CT molecular complexity index is 1010. The average molecular weight is 359 g/mol. The Kier molecular flexibility index (Phi) is 4.66. The van der Waals surface area contributed by atoms with E-state index in [1.165, 1.54) is 16.7 Å². The van der Waals surface area contributed by atoms with Crippen molar-refractivity contribution < 1.29 is 4.79 Å². The van der Waals surface area contributed by atoms with Crippen molar-refractivity contribution in [2.45, 2.75) is 33.4 Å². The molecule has 4 nitrogen and oxygen atoms in total. The number of aromatic nitrogens is 1. The topological polar surface area (TPSA) is 45.2 Å². The van der Waals surface area contributed by atoms with Gasteiger partial charge in [-0.2, -0.15) is 0 Å². The Morgan fingerprint density at radius 3 is 2.74 bits per heavy atom. The summed E-state index contributed by atoms with van der Waals surface area (Å²) in [5.41, 5.74) is 6.74. The van der Waals surface area contributed by atoms with Crippen LogP contribution >= 0.6 is 0 Å². The van der Waals surface area contributed by atoms with Crippen LogP contribution in [0.2, 0.25) is 0 Å². The molecule has 3 aromatic rings. The molecule has 1 saturated heterocycles. The van der Waals surface area contributed by atoms with Crippen LogP contribution in [0, 0.1) is 13.8 Å². The molecule has 1 atom stereocenters. The van der Waals surface area contributed by atoms with Crippen LogP contribution < -0.4 is 5.32 Å². The zero-order chi connectivity index (χ0) is 19.0. The van der Waals surface area contributed by atoms with Crippen molar-refractivity contribution in [3.05, 3.63) is 65.2 Å². The molecule has 0 bridgehead atoms. The summed E-state index contributed by atoms with van der Waals surface area (Å²) in [6.45, 7) is 8.43. The number of carbonyl (C=O) groups excluding carboxylic acids is 1. The van der Waals surface area contributed by atoms with E-state index >= 15 is 0 Å². The number of hydrogen-bond donors (Lipinski definition) is 1. The van der Waals surface area contributed by atoms with Crippen LogP contribution in [-0.4, -0.2) is 34.9 Å². The molecule has 4 rings (SSSR count). The molecule has 1 aromatic heterocycles. The standard InChI is InChI=1S/C23H25N3O/c1-15-5-4-6-19(11-15)22-20(14-26-10-9-24-23(27)17(26)3)13-18-8-7-16(2)12-21(18)25-22/h4-8,11-13,17H,9-10,14H2,1-3H3,(H,24,27)/t17-/m0/s1. The Hall–Kier alpha value is -2.72. The number of benzene rings is 2. The molecule has 1 N–H and O–H groups in total. The molecule has 1 aliphatic heterocycles. The fourth-order valence-electron chi connectivity index (χ4n) is 3.75. The highest BCUT2D eigenvalue weighted by molar-refractivity contribution is 5.84. The maximum Gasteiger partial charge on any atom is 0.237 e. The number of nitrogens with one attached hydrogen (secondary N) is 1. The first-order valence-corrected chi connectivity index (χ1v) is 9.50. The number of carbonyl (C=O) groups is 1. The maximum absolute atomic E-state index is 12.1. The smallest absolute Gasteiger partial charge is 0.237 e. The van der Waals surface area contributed by atoms with Crippen molar-refractivity contribution in [2.24, 2.45) is 0 Å². The zero-order valence-electron chi connectivity index (χ0n) is 16.1. The second-order valence-corrected chi connectivity index (χ2v) is 7.50. The van der Waals surface area contributed by atoms with Gasteiger partial charge < -0.3 is 5.32 Å². The van der Waals surface area contributed by atoms with E-state index in [1.54, 1.807) is 0 Å². The number of rotatable bonds is 3. The molecule has 2 heterocycles. The van der Waals surface area contributed by atoms with E-state index in [-0.39, 0.29) is 11.9 Å². The Balaban J connectivity index is 1.83. The van der Waals surface area contributed by atoms with Crippen molar-refractivity contribution in [3.63, 3.8) is 0 Å². The lowest BCUT2D eigenvalue weighted by atomic mass is 10.00. The number of nitrogens with zero attached hydrogens (tertiary/aromatic N) is 2. The van der Waals surface area contributed by atoms with Gasteiger partial charge in [-0.05, 0) is 50.1 Å². The van der Waals surface area contributed by atoms with Gasteiger partial charge in [0, 0.05) is 30.6 Å². The number of pyridine rings is 1. The first kappa shape index (κ1) is 17.7. The first-order chi connectivity index (χ1) is 13.0. The van der Waals surface area contributed by atoms with Crippen molar-refractivity contribution in [3.8, 4) is 11.3 Å². The summed E-state index contributed by atoms with van der Waals surface area (Å²) in [5, 5.41) is 4.08. The fraction of sp³-hybridized carbons (Fsp3) is 0.304. The molecule has 0 saturated carbocycles. The van der Waals surface area contributed by atoms with Crippen LogP contribution in [0.15, 0.2) is 48.5 Å². The average Bonchev–Trinajstić information content (AvgIpc) is 2.65. The van der Waals surface area contributed by atoms with Gasteiger partial charge in [0.15, 0.2) is 0 Å². The molecular formula is C23H25N3O. The maximum atomic E-state index is 12.1. The number of piperazine rings is 1. The van der Waals surface area contributed by atoms with Crippen molar-refractivity contribution >= 4 is 16.8 Å². The first-order valence-electron chi connectivity index (χ1n) is 9.50. The summed E-state index contributed by atoms with van der Waals surface area (Å²) in [6.07, 6.45) is 0. The molecule has 4 heteroatoms. The number of amides is 1. The van der Waals surface area contributed by atoms with Crippen LogP contribution in [0.3, 0.4) is 0 Å². The SMILES string of the molecule is Cc1cccc(-c2nc3cc(C)ccc3cc2CN2CCNC(=O)[C@@H]2C)c1. The van der Waals surface area contributed by atoms with E-state index in [4.69, 9.17) is 4.98 Å². The predicted molar refractivity (Wildman–Crippen MR) is 110 cm³/mol. The number of aryl methyl sites for hydroxylation is 2. The summed E-state index contributed by atoms with van der Waals surface area (Å²) in [7, 11) is 0. The minimum atomic E-state index is -0.127. The quantitative estimate of drug-likeness (QED) is 0.773. The molecule has 1 aliphatic rings. The number of hydrogen-bond acceptors (Lipinski definition) is 3. The minimum Gasteiger partial charge on any atom is -0.353 e. The number of fused-ring (bicyclic) bond motifs is 1. The lowest BCUT2D eigenvalue weighted by Gasteiger charge is -2.33. The molecule has 0 unspecified atom stereocenters. The second kappa shape index (κ2) is 7.12. The van der Waals surface area contributed by atoms with Gasteiger partial charge in [0.25, 0.3) is 0 Å². The molecule has 1 fully saturated rings. The zero-order valence-corrected chi connectivity index (χ0v) is 16.1. The molecule has 0 radical (unpaired) electrons. The third kappa shape index (κ3) is 3.58. The van der Waals surface area contributed by atoms with E-state index in [0.29, 0.717) is 13.1 Å². The van der Waals surface area contributed by atoms with Gasteiger partial charge in [0.2, 0.25) is 5.91 Å². The molecule has 27 heavy (non-hydrogen) atoms. The molecule has 1 amide bonds. The minimum absolute atomic E-state index is 0.0997. The van der Waals surface area contributed by atoms with Crippen molar-refractivity contribution in [1.29, 1.82) is 0 Å². The Labute approximate surface area is 160 Å². The Morgan fingerprint density at radius 2 is 1.93 bits per heavy atom. The lowest BCUT2D eigenvalue weighted by molar-refractivity contribution is -0.128. The van der Waals surface area contributed by atoms with E-state index in [2.05, 4.69) is 72.6 Å². The van der Waals surface area contributed by atoms with Crippen LogP contribution in [-0.2, 0) is 11.3 Å². The third-order valence-corrected chi connectivity index (χ3v) is 5.34. The Morgan fingerprint density at radius 1 is 1.11 bits per heavy atom. The molecule has 0 spiro atoms. The van der Waals surface area contributed by atoms with Gasteiger partial charge in [0.1, 0.15) is 0 Å². The van der Waals surface area contributed by atoms with Gasteiger partial charge in [-0.15, -0.1) is 0 Å². The van der Waals surface area contributed by atoms with E-state index in [1.807, 2.05) is 6.92 Å². The van der Waals surface area contributed by atoms with Gasteiger partial charge in [-0.1, -0.05) is 35.9 Å². The van der Waals surface area contributed by atoms with Crippen LogP contribution in [0.25, 0.3) is 22.2 Å². The largest absolute Gasteiger partial charge is 0.353 e. The molecule has 138 valence electrons. The summed E-state index contributed by atoms with van der Waals surface area (Å²) in [6, 6.07) is 17.0.